The first-order valence-electron chi connectivity index (χ1n) is 11.9. The molecule has 0 saturated heterocycles. The van der Waals surface area contributed by atoms with Gasteiger partial charge >= 0.3 is 5.97 Å². The first-order valence-corrected chi connectivity index (χ1v) is 11.9. The van der Waals surface area contributed by atoms with Crippen molar-refractivity contribution in [2.75, 3.05) is 34.5 Å². The first-order chi connectivity index (χ1) is 17.9. The summed E-state index contributed by atoms with van der Waals surface area (Å²) in [6.07, 6.45) is 1.58. The molecule has 8 heteroatoms. The highest BCUT2D eigenvalue weighted by Gasteiger charge is 2.21. The Balaban J connectivity index is 1.89. The Kier molecular flexibility index (Phi) is 9.77. The van der Waals surface area contributed by atoms with Crippen LogP contribution in [-0.2, 0) is 17.8 Å². The van der Waals surface area contributed by atoms with Crippen molar-refractivity contribution in [3.63, 3.8) is 0 Å². The van der Waals surface area contributed by atoms with Crippen molar-refractivity contribution in [1.82, 2.24) is 4.90 Å². The number of carboxylic acid groups (broad SMARTS) is 1. The van der Waals surface area contributed by atoms with Gasteiger partial charge in [0.15, 0.2) is 18.1 Å². The largest absolute Gasteiger partial charge is 0.496 e. The number of carbonyl (C=O) groups is 2. The van der Waals surface area contributed by atoms with Crippen LogP contribution in [0.5, 0.6) is 23.0 Å². The van der Waals surface area contributed by atoms with E-state index in [1.165, 1.54) is 12.7 Å². The smallest absolute Gasteiger partial charge is 0.341 e. The zero-order valence-electron chi connectivity index (χ0n) is 21.7. The summed E-state index contributed by atoms with van der Waals surface area (Å²) in [7, 11) is 4.60. The van der Waals surface area contributed by atoms with E-state index in [9.17, 15) is 9.59 Å². The van der Waals surface area contributed by atoms with Crippen LogP contribution in [-0.4, -0.2) is 56.4 Å². The van der Waals surface area contributed by atoms with Crippen molar-refractivity contribution in [3.05, 3.63) is 82.9 Å². The summed E-state index contributed by atoms with van der Waals surface area (Å²) in [5, 5.41) is 9.01. The van der Waals surface area contributed by atoms with Crippen molar-refractivity contribution in [3.8, 4) is 23.0 Å². The molecular formula is C29H33NO7. The van der Waals surface area contributed by atoms with Crippen LogP contribution in [0.1, 0.15) is 33.5 Å². The standard InChI is InChI=1S/C29H33NO7/c1-20-25(35-3)16-23(17-26(20)36-4)29(33)30(14-8-11-21-9-6-5-7-10-21)18-22-12-13-24(34-2)27(15-22)37-19-28(31)32/h5-7,9-10,12-13,15-17H,8,11,14,18-19H2,1-4H3,(H,31,32). The molecule has 0 saturated carbocycles. The molecule has 196 valence electrons. The Morgan fingerprint density at radius 3 is 2.05 bits per heavy atom. The average molecular weight is 508 g/mol. The number of amides is 1. The third kappa shape index (κ3) is 7.39. The fourth-order valence-electron chi connectivity index (χ4n) is 4.06. The van der Waals surface area contributed by atoms with Crippen molar-refractivity contribution >= 4 is 11.9 Å². The molecule has 0 aromatic heterocycles. The van der Waals surface area contributed by atoms with Gasteiger partial charge in [-0.15, -0.1) is 0 Å². The minimum atomic E-state index is -1.09. The van der Waals surface area contributed by atoms with Crippen molar-refractivity contribution in [2.24, 2.45) is 0 Å². The number of hydrogen-bond acceptors (Lipinski definition) is 6. The van der Waals surface area contributed by atoms with Crippen LogP contribution in [0.4, 0.5) is 0 Å². The number of rotatable bonds is 13. The summed E-state index contributed by atoms with van der Waals surface area (Å²) in [4.78, 5) is 26.5. The number of ether oxygens (including phenoxy) is 4. The lowest BCUT2D eigenvalue weighted by molar-refractivity contribution is -0.139. The molecule has 3 aromatic carbocycles. The Morgan fingerprint density at radius 2 is 1.46 bits per heavy atom. The maximum Gasteiger partial charge on any atom is 0.341 e. The predicted molar refractivity (Wildman–Crippen MR) is 140 cm³/mol. The maximum atomic E-state index is 13.7. The number of carboxylic acids is 1. The lowest BCUT2D eigenvalue weighted by Crippen LogP contribution is -2.32. The number of nitrogens with zero attached hydrogens (tertiary/aromatic N) is 1. The molecule has 8 nitrogen and oxygen atoms in total. The monoisotopic (exact) mass is 507 g/mol. The maximum absolute atomic E-state index is 13.7. The SMILES string of the molecule is COc1ccc(CN(CCCc2ccccc2)C(=O)c2cc(OC)c(C)c(OC)c2)cc1OCC(=O)O. The van der Waals surface area contributed by atoms with Crippen LogP contribution in [0, 0.1) is 6.92 Å². The molecule has 0 aliphatic carbocycles. The highest BCUT2D eigenvalue weighted by atomic mass is 16.5. The topological polar surface area (TPSA) is 94.5 Å². The third-order valence-electron chi connectivity index (χ3n) is 5.98. The number of aryl methyl sites for hydroxylation is 1. The Morgan fingerprint density at radius 1 is 0.811 bits per heavy atom. The summed E-state index contributed by atoms with van der Waals surface area (Å²) in [5.41, 5.74) is 3.24. The number of hydrogen-bond donors (Lipinski definition) is 1. The molecule has 0 aliphatic heterocycles. The molecule has 0 atom stereocenters. The molecule has 3 rings (SSSR count). The lowest BCUT2D eigenvalue weighted by atomic mass is 10.1. The van der Waals surface area contributed by atoms with Crippen molar-refractivity contribution in [2.45, 2.75) is 26.3 Å². The van der Waals surface area contributed by atoms with E-state index in [2.05, 4.69) is 12.1 Å². The van der Waals surface area contributed by atoms with Crippen LogP contribution in [0.15, 0.2) is 60.7 Å². The van der Waals surface area contributed by atoms with E-state index in [-0.39, 0.29) is 5.91 Å². The summed E-state index contributed by atoms with van der Waals surface area (Å²) in [6, 6.07) is 18.8. The second-order valence-electron chi connectivity index (χ2n) is 8.49. The van der Waals surface area contributed by atoms with Crippen molar-refractivity contribution in [1.29, 1.82) is 0 Å². The second-order valence-corrected chi connectivity index (χ2v) is 8.49. The van der Waals surface area contributed by atoms with Gasteiger partial charge in [0.2, 0.25) is 0 Å². The Hall–Kier alpha value is -4.20. The molecule has 0 bridgehead atoms. The van der Waals surface area contributed by atoms with Crippen LogP contribution in [0.25, 0.3) is 0 Å². The molecule has 0 aliphatic rings. The fraction of sp³-hybridized carbons (Fsp3) is 0.310. The first kappa shape index (κ1) is 27.4. The molecule has 0 spiro atoms. The van der Waals surface area contributed by atoms with Crippen LogP contribution in [0.3, 0.4) is 0 Å². The number of methoxy groups -OCH3 is 3. The van der Waals surface area contributed by atoms with Gasteiger partial charge in [0.1, 0.15) is 11.5 Å². The average Bonchev–Trinajstić information content (AvgIpc) is 2.91. The molecule has 3 aromatic rings. The molecule has 0 fully saturated rings. The second kappa shape index (κ2) is 13.2. The van der Waals surface area contributed by atoms with Gasteiger partial charge in [0.05, 0.1) is 21.3 Å². The molecule has 37 heavy (non-hydrogen) atoms. The van der Waals surface area contributed by atoms with Crippen LogP contribution >= 0.6 is 0 Å². The molecule has 0 radical (unpaired) electrons. The number of carbonyl (C=O) groups excluding carboxylic acids is 1. The summed E-state index contributed by atoms with van der Waals surface area (Å²) >= 11 is 0. The van der Waals surface area contributed by atoms with Crippen molar-refractivity contribution < 1.29 is 33.6 Å². The van der Waals surface area contributed by atoms with E-state index in [1.54, 1.807) is 43.4 Å². The summed E-state index contributed by atoms with van der Waals surface area (Å²) in [5.74, 6) is 0.597. The minimum Gasteiger partial charge on any atom is -0.496 e. The van der Waals surface area contributed by atoms with Gasteiger partial charge in [-0.25, -0.2) is 4.79 Å². The molecular weight excluding hydrogens is 474 g/mol. The zero-order valence-corrected chi connectivity index (χ0v) is 21.7. The summed E-state index contributed by atoms with van der Waals surface area (Å²) < 4.78 is 21.7. The molecule has 0 unspecified atom stereocenters. The quantitative estimate of drug-likeness (QED) is 0.356. The van der Waals surface area contributed by atoms with Crippen LogP contribution in [0.2, 0.25) is 0 Å². The van der Waals surface area contributed by atoms with E-state index in [0.717, 1.165) is 24.0 Å². The highest BCUT2D eigenvalue weighted by molar-refractivity contribution is 5.95. The van der Waals surface area contributed by atoms with E-state index in [1.807, 2.05) is 31.2 Å². The van der Waals surface area contributed by atoms with Gasteiger partial charge in [0.25, 0.3) is 5.91 Å². The highest BCUT2D eigenvalue weighted by Crippen LogP contribution is 2.31. The number of aliphatic carboxylic acids is 1. The van der Waals surface area contributed by atoms with Gasteiger partial charge in [-0.2, -0.15) is 0 Å². The van der Waals surface area contributed by atoms with Gasteiger partial charge in [-0.05, 0) is 55.2 Å². The molecule has 0 heterocycles. The lowest BCUT2D eigenvalue weighted by Gasteiger charge is -2.24. The fourth-order valence-corrected chi connectivity index (χ4v) is 4.06. The predicted octanol–water partition coefficient (Wildman–Crippen LogP) is 4.76. The van der Waals surface area contributed by atoms with E-state index in [0.29, 0.717) is 41.7 Å². The molecule has 1 N–H and O–H groups in total. The minimum absolute atomic E-state index is 0.173. The van der Waals surface area contributed by atoms with Gasteiger partial charge in [-0.1, -0.05) is 36.4 Å². The van der Waals surface area contributed by atoms with Gasteiger partial charge in [-0.3, -0.25) is 4.79 Å². The van der Waals surface area contributed by atoms with Gasteiger partial charge < -0.3 is 29.0 Å². The van der Waals surface area contributed by atoms with E-state index >= 15 is 0 Å². The van der Waals surface area contributed by atoms with E-state index in [4.69, 9.17) is 24.1 Å². The Bertz CT molecular complexity index is 1190. The zero-order chi connectivity index (χ0) is 26.8. The van der Waals surface area contributed by atoms with Crippen LogP contribution < -0.4 is 18.9 Å². The van der Waals surface area contributed by atoms with E-state index < -0.39 is 12.6 Å². The third-order valence-corrected chi connectivity index (χ3v) is 5.98. The summed E-state index contributed by atoms with van der Waals surface area (Å²) in [6.45, 7) is 2.17. The molecule has 1 amide bonds. The number of benzene rings is 3. The Labute approximate surface area is 217 Å². The normalized spacial score (nSPS) is 10.5. The van der Waals surface area contributed by atoms with Gasteiger partial charge in [0, 0.05) is 24.2 Å².